The molecule has 0 aromatic rings. The third-order valence-electron chi connectivity index (χ3n) is 1.57. The molecular formula is C9H17NO3. The second-order valence-corrected chi connectivity index (χ2v) is 3.17. The summed E-state index contributed by atoms with van der Waals surface area (Å²) < 4.78 is 4.81. The first-order chi connectivity index (χ1) is 5.99. The van der Waals surface area contributed by atoms with Crippen LogP contribution in [-0.4, -0.2) is 24.5 Å². The van der Waals surface area contributed by atoms with Crippen molar-refractivity contribution < 1.29 is 14.3 Å². The predicted octanol–water partition coefficient (Wildman–Crippen LogP) is 0.710. The molecule has 0 heterocycles. The van der Waals surface area contributed by atoms with Crippen LogP contribution in [-0.2, 0) is 14.3 Å². The molecule has 13 heavy (non-hydrogen) atoms. The van der Waals surface area contributed by atoms with Gasteiger partial charge in [-0.3, -0.25) is 4.79 Å². The molecule has 0 aromatic carbocycles. The van der Waals surface area contributed by atoms with E-state index in [1.165, 1.54) is 6.92 Å². The second kappa shape index (κ2) is 5.56. The van der Waals surface area contributed by atoms with Crippen LogP contribution >= 0.6 is 0 Å². The molecule has 1 unspecified atom stereocenters. The second-order valence-electron chi connectivity index (χ2n) is 3.17. The molecule has 0 spiro atoms. The number of hydrogen-bond donors (Lipinski definition) is 1. The van der Waals surface area contributed by atoms with Crippen molar-refractivity contribution in [1.82, 2.24) is 5.32 Å². The Bertz CT molecular complexity index is 189. The first kappa shape index (κ1) is 11.9. The summed E-state index contributed by atoms with van der Waals surface area (Å²) in [5, 5.41) is 2.55. The van der Waals surface area contributed by atoms with Gasteiger partial charge in [-0.25, -0.2) is 4.79 Å². The van der Waals surface area contributed by atoms with E-state index in [4.69, 9.17) is 4.74 Å². The maximum absolute atomic E-state index is 11.3. The highest BCUT2D eigenvalue weighted by Gasteiger charge is 2.23. The first-order valence-electron chi connectivity index (χ1n) is 4.42. The van der Waals surface area contributed by atoms with Crippen LogP contribution in [0.2, 0.25) is 0 Å². The fraction of sp³-hybridized carbons (Fsp3) is 0.778. The normalized spacial score (nSPS) is 12.4. The minimum atomic E-state index is -0.530. The van der Waals surface area contributed by atoms with E-state index in [2.05, 4.69) is 5.32 Å². The lowest BCUT2D eigenvalue weighted by Gasteiger charge is -2.19. The van der Waals surface area contributed by atoms with Gasteiger partial charge in [0, 0.05) is 6.92 Å². The predicted molar refractivity (Wildman–Crippen MR) is 49.1 cm³/mol. The highest BCUT2D eigenvalue weighted by atomic mass is 16.5. The van der Waals surface area contributed by atoms with Gasteiger partial charge < -0.3 is 10.1 Å². The van der Waals surface area contributed by atoms with Gasteiger partial charge in [0.1, 0.15) is 6.04 Å². The van der Waals surface area contributed by atoms with Crippen LogP contribution in [0.15, 0.2) is 0 Å². The highest BCUT2D eigenvalue weighted by molar-refractivity contribution is 5.83. The summed E-state index contributed by atoms with van der Waals surface area (Å²) in [6.45, 7) is 7.17. The Morgan fingerprint density at radius 1 is 1.38 bits per heavy atom. The summed E-state index contributed by atoms with van der Waals surface area (Å²) in [6.07, 6.45) is 0. The summed E-state index contributed by atoms with van der Waals surface area (Å²) >= 11 is 0. The largest absolute Gasteiger partial charge is 0.464 e. The van der Waals surface area contributed by atoms with Crippen LogP contribution in [0, 0.1) is 5.92 Å². The topological polar surface area (TPSA) is 55.4 Å². The summed E-state index contributed by atoms with van der Waals surface area (Å²) in [5.41, 5.74) is 0. The van der Waals surface area contributed by atoms with E-state index in [1.807, 2.05) is 13.8 Å². The molecular weight excluding hydrogens is 170 g/mol. The van der Waals surface area contributed by atoms with Gasteiger partial charge >= 0.3 is 5.97 Å². The van der Waals surface area contributed by atoms with Gasteiger partial charge in [-0.15, -0.1) is 0 Å². The van der Waals surface area contributed by atoms with E-state index in [0.29, 0.717) is 6.61 Å². The van der Waals surface area contributed by atoms with E-state index in [0.717, 1.165) is 0 Å². The molecule has 0 aliphatic rings. The maximum atomic E-state index is 11.3. The Morgan fingerprint density at radius 2 is 1.92 bits per heavy atom. The van der Waals surface area contributed by atoms with E-state index in [1.54, 1.807) is 6.92 Å². The fourth-order valence-corrected chi connectivity index (χ4v) is 0.949. The molecule has 0 fully saturated rings. The lowest BCUT2D eigenvalue weighted by molar-refractivity contribution is -0.148. The van der Waals surface area contributed by atoms with Crippen molar-refractivity contribution in [2.45, 2.75) is 33.7 Å². The Balaban J connectivity index is 4.24. The molecule has 0 aliphatic heterocycles. The minimum absolute atomic E-state index is 0.0444. The van der Waals surface area contributed by atoms with E-state index >= 15 is 0 Å². The average molecular weight is 187 g/mol. The number of carbonyl (C=O) groups is 2. The Morgan fingerprint density at radius 3 is 2.23 bits per heavy atom. The van der Waals surface area contributed by atoms with Crippen LogP contribution in [0.4, 0.5) is 0 Å². The molecule has 1 amide bonds. The van der Waals surface area contributed by atoms with Crippen molar-refractivity contribution in [3.8, 4) is 0 Å². The lowest BCUT2D eigenvalue weighted by atomic mass is 10.0. The summed E-state index contributed by atoms with van der Waals surface area (Å²) in [4.78, 5) is 22.0. The van der Waals surface area contributed by atoms with Crippen molar-refractivity contribution in [3.63, 3.8) is 0 Å². The van der Waals surface area contributed by atoms with Crippen molar-refractivity contribution >= 4 is 11.9 Å². The van der Waals surface area contributed by atoms with E-state index < -0.39 is 6.04 Å². The van der Waals surface area contributed by atoms with Gasteiger partial charge in [-0.2, -0.15) is 0 Å². The minimum Gasteiger partial charge on any atom is -0.464 e. The SMILES string of the molecule is CCOC(=O)C(NC(C)=O)C(C)C. The van der Waals surface area contributed by atoms with Gasteiger partial charge in [-0.05, 0) is 12.8 Å². The Labute approximate surface area is 78.6 Å². The standard InChI is InChI=1S/C9H17NO3/c1-5-13-9(12)8(6(2)3)10-7(4)11/h6,8H,5H2,1-4H3,(H,10,11). The molecule has 76 valence electrons. The molecule has 0 bridgehead atoms. The van der Waals surface area contributed by atoms with Gasteiger partial charge in [0.2, 0.25) is 5.91 Å². The van der Waals surface area contributed by atoms with Gasteiger partial charge in [0.15, 0.2) is 0 Å². The van der Waals surface area contributed by atoms with Gasteiger partial charge in [-0.1, -0.05) is 13.8 Å². The lowest BCUT2D eigenvalue weighted by Crippen LogP contribution is -2.44. The number of hydrogen-bond acceptors (Lipinski definition) is 3. The van der Waals surface area contributed by atoms with Crippen LogP contribution in [0.25, 0.3) is 0 Å². The zero-order valence-electron chi connectivity index (χ0n) is 8.59. The number of nitrogens with one attached hydrogen (secondary N) is 1. The van der Waals surface area contributed by atoms with Crippen LogP contribution in [0.1, 0.15) is 27.7 Å². The fourth-order valence-electron chi connectivity index (χ4n) is 0.949. The van der Waals surface area contributed by atoms with Crippen molar-refractivity contribution in [2.24, 2.45) is 5.92 Å². The molecule has 0 aliphatic carbocycles. The summed E-state index contributed by atoms with van der Waals surface area (Å²) in [6, 6.07) is -0.530. The van der Waals surface area contributed by atoms with E-state index in [9.17, 15) is 9.59 Å². The Hall–Kier alpha value is -1.06. The molecule has 0 aromatic heterocycles. The maximum Gasteiger partial charge on any atom is 0.328 e. The zero-order valence-corrected chi connectivity index (χ0v) is 8.59. The first-order valence-corrected chi connectivity index (χ1v) is 4.42. The van der Waals surface area contributed by atoms with Crippen molar-refractivity contribution in [2.75, 3.05) is 6.61 Å². The van der Waals surface area contributed by atoms with E-state index in [-0.39, 0.29) is 17.8 Å². The molecule has 4 nitrogen and oxygen atoms in total. The monoisotopic (exact) mass is 187 g/mol. The summed E-state index contributed by atoms with van der Waals surface area (Å²) in [5.74, 6) is -0.539. The molecule has 4 heteroatoms. The number of ether oxygens (including phenoxy) is 1. The van der Waals surface area contributed by atoms with Crippen LogP contribution in [0.5, 0.6) is 0 Å². The molecule has 1 atom stereocenters. The van der Waals surface area contributed by atoms with Crippen molar-refractivity contribution in [3.05, 3.63) is 0 Å². The Kier molecular flexibility index (Phi) is 5.11. The summed E-state index contributed by atoms with van der Waals surface area (Å²) in [7, 11) is 0. The molecule has 0 saturated carbocycles. The number of amides is 1. The average Bonchev–Trinajstić information content (AvgIpc) is 1.99. The van der Waals surface area contributed by atoms with Gasteiger partial charge in [0.25, 0.3) is 0 Å². The third-order valence-corrected chi connectivity index (χ3v) is 1.57. The highest BCUT2D eigenvalue weighted by Crippen LogP contribution is 2.03. The van der Waals surface area contributed by atoms with Crippen molar-refractivity contribution in [1.29, 1.82) is 0 Å². The van der Waals surface area contributed by atoms with Crippen LogP contribution in [0.3, 0.4) is 0 Å². The van der Waals surface area contributed by atoms with Crippen LogP contribution < -0.4 is 5.32 Å². The molecule has 0 radical (unpaired) electrons. The third kappa shape index (κ3) is 4.50. The number of carbonyl (C=O) groups excluding carboxylic acids is 2. The smallest absolute Gasteiger partial charge is 0.328 e. The zero-order chi connectivity index (χ0) is 10.4. The molecule has 1 N–H and O–H groups in total. The molecule has 0 saturated heterocycles. The van der Waals surface area contributed by atoms with Gasteiger partial charge in [0.05, 0.1) is 6.61 Å². The number of rotatable bonds is 4. The quantitative estimate of drug-likeness (QED) is 0.659. The molecule has 0 rings (SSSR count). The number of esters is 1.